The zero-order valence-corrected chi connectivity index (χ0v) is 19.7. The molecule has 0 radical (unpaired) electrons. The number of sulfonamides is 2. The number of quaternary nitrogens is 2. The van der Waals surface area contributed by atoms with E-state index < -0.39 is 30.5 Å². The minimum Gasteiger partial charge on any atom is -0.595 e. The van der Waals surface area contributed by atoms with E-state index in [2.05, 4.69) is 9.44 Å². The predicted octanol–water partition coefficient (Wildman–Crippen LogP) is -0.868. The monoisotopic (exact) mass is 526 g/mol. The number of hydrogen-bond acceptors (Lipinski definition) is 10. The fraction of sp³-hybridized carbons (Fsp3) is 0.250. The molecule has 2 aromatic carbocycles. The quantitative estimate of drug-likeness (QED) is 0.109. The molecule has 0 aliphatic carbocycles. The van der Waals surface area contributed by atoms with Crippen molar-refractivity contribution in [2.75, 3.05) is 24.6 Å². The lowest BCUT2D eigenvalue weighted by Gasteiger charge is -2.12. The summed E-state index contributed by atoms with van der Waals surface area (Å²) in [7, 11) is -4.79. The lowest BCUT2D eigenvalue weighted by Crippen LogP contribution is -2.99. The minimum absolute atomic E-state index is 0.0104. The van der Waals surface area contributed by atoms with Crippen molar-refractivity contribution in [1.29, 1.82) is 0 Å². The largest absolute Gasteiger partial charge is 0.595 e. The predicted molar refractivity (Wildman–Crippen MR) is 120 cm³/mol. The molecule has 0 bridgehead atoms. The van der Waals surface area contributed by atoms with Crippen LogP contribution in [0.15, 0.2) is 58.3 Å². The van der Waals surface area contributed by atoms with Gasteiger partial charge in [0.1, 0.15) is 0 Å². The van der Waals surface area contributed by atoms with Gasteiger partial charge in [-0.05, 0) is 24.3 Å². The Bertz CT molecular complexity index is 975. The summed E-state index contributed by atoms with van der Waals surface area (Å²) >= 11 is 0. The molecule has 2 aromatic rings. The van der Waals surface area contributed by atoms with Gasteiger partial charge in [0, 0.05) is 48.9 Å². The Morgan fingerprint density at radius 3 is 1.28 bits per heavy atom. The van der Waals surface area contributed by atoms with Crippen molar-refractivity contribution in [2.24, 2.45) is 0 Å². The second-order valence-corrected chi connectivity index (χ2v) is 12.3. The van der Waals surface area contributed by atoms with Crippen LogP contribution in [0.2, 0.25) is 0 Å². The topological polar surface area (TPSA) is 188 Å². The van der Waals surface area contributed by atoms with Gasteiger partial charge in [0.05, 0.1) is 9.79 Å². The van der Waals surface area contributed by atoms with Crippen molar-refractivity contribution in [3.8, 4) is 0 Å². The molecule has 0 saturated carbocycles. The summed E-state index contributed by atoms with van der Waals surface area (Å²) in [4.78, 5) is -0.0723. The van der Waals surface area contributed by atoms with E-state index in [4.69, 9.17) is 10.4 Å². The molecule has 16 heteroatoms. The maximum atomic E-state index is 12.2. The van der Waals surface area contributed by atoms with Crippen LogP contribution in [-0.4, -0.2) is 51.8 Å². The van der Waals surface area contributed by atoms with Crippen LogP contribution in [0, 0.1) is 10.4 Å². The molecule has 0 spiro atoms. The highest BCUT2D eigenvalue weighted by Crippen LogP contribution is 2.20. The highest BCUT2D eigenvalue weighted by Gasteiger charge is 2.15. The van der Waals surface area contributed by atoms with Crippen LogP contribution in [-0.2, 0) is 20.0 Å². The second-order valence-electron chi connectivity index (χ2n) is 6.10. The first-order chi connectivity index (χ1) is 15.0. The van der Waals surface area contributed by atoms with Gasteiger partial charge in [0.2, 0.25) is 20.0 Å². The Hall–Kier alpha value is -1.28. The molecule has 2 atom stereocenters. The van der Waals surface area contributed by atoms with Crippen molar-refractivity contribution >= 4 is 53.0 Å². The molecule has 0 aliphatic heterocycles. The lowest BCUT2D eigenvalue weighted by atomic mass is 10.3. The summed E-state index contributed by atoms with van der Waals surface area (Å²) in [5.41, 5.74) is -0.0207. The number of nitrogens with one attached hydrogen (secondary N) is 4. The molecule has 178 valence electrons. The molecule has 0 aromatic heterocycles. The molecule has 0 fully saturated rings. The average Bonchev–Trinajstić information content (AvgIpc) is 2.75. The summed E-state index contributed by atoms with van der Waals surface area (Å²) in [5, 5.41) is 37.0. The molecular weight excluding hydrogens is 504 g/mol. The zero-order chi connectivity index (χ0) is 23.8. The van der Waals surface area contributed by atoms with E-state index >= 15 is 0 Å². The Morgan fingerprint density at radius 1 is 0.688 bits per heavy atom. The molecule has 2 rings (SSSR count). The molecule has 6 N–H and O–H groups in total. The maximum absolute atomic E-state index is 12.2. The van der Waals surface area contributed by atoms with Crippen LogP contribution in [0.4, 0.5) is 11.4 Å². The zero-order valence-electron chi connectivity index (χ0n) is 16.4. The molecule has 12 nitrogen and oxygen atoms in total. The smallest absolute Gasteiger partial charge is 0.240 e. The molecule has 0 saturated heterocycles. The molecule has 0 heterocycles. The van der Waals surface area contributed by atoms with Gasteiger partial charge < -0.3 is 10.4 Å². The number of hydrogen-bond donors (Lipinski definition) is 6. The molecule has 32 heavy (non-hydrogen) atoms. The van der Waals surface area contributed by atoms with Crippen LogP contribution in [0.1, 0.15) is 0 Å². The van der Waals surface area contributed by atoms with Crippen LogP contribution in [0.5, 0.6) is 0 Å². The van der Waals surface area contributed by atoms with E-state index in [1.807, 2.05) is 0 Å². The summed E-state index contributed by atoms with van der Waals surface area (Å²) in [6, 6.07) is 9.71. The van der Waals surface area contributed by atoms with E-state index in [0.717, 1.165) is 0 Å². The minimum atomic E-state index is -3.75. The summed E-state index contributed by atoms with van der Waals surface area (Å²) in [6.45, 7) is 0.282. The third-order valence-corrected chi connectivity index (χ3v) is 9.22. The van der Waals surface area contributed by atoms with E-state index in [9.17, 15) is 27.3 Å². The highest BCUT2D eigenvalue weighted by molar-refractivity contribution is 8.76. The van der Waals surface area contributed by atoms with Gasteiger partial charge in [-0.3, -0.25) is 0 Å². The van der Waals surface area contributed by atoms with Crippen LogP contribution < -0.4 is 19.9 Å². The second kappa shape index (κ2) is 12.3. The van der Waals surface area contributed by atoms with Crippen LogP contribution in [0.3, 0.4) is 0 Å². The van der Waals surface area contributed by atoms with Gasteiger partial charge in [0.25, 0.3) is 0 Å². The SMILES string of the molecule is O=S(=O)(NCCSSCCNS(=O)(=O)c1ccc([NH+]([O-])O)cc1)c1ccc([NH+]([O-])O)cc1. The third-order valence-electron chi connectivity index (χ3n) is 3.86. The lowest BCUT2D eigenvalue weighted by molar-refractivity contribution is -0.991. The van der Waals surface area contributed by atoms with E-state index in [1.54, 1.807) is 0 Å². The van der Waals surface area contributed by atoms with Gasteiger partial charge in [-0.1, -0.05) is 21.6 Å². The van der Waals surface area contributed by atoms with Crippen molar-refractivity contribution in [3.63, 3.8) is 0 Å². The van der Waals surface area contributed by atoms with Crippen LogP contribution in [0.25, 0.3) is 0 Å². The molecular formula is C16H22N4O8S4. The van der Waals surface area contributed by atoms with Gasteiger partial charge in [0.15, 0.2) is 11.4 Å². The number of benzene rings is 2. The van der Waals surface area contributed by atoms with Gasteiger partial charge in [-0.15, -0.1) is 0 Å². The fourth-order valence-corrected chi connectivity index (χ4v) is 6.41. The Balaban J connectivity index is 1.66. The van der Waals surface area contributed by atoms with E-state index in [0.29, 0.717) is 11.5 Å². The molecule has 2 unspecified atom stereocenters. The third kappa shape index (κ3) is 8.25. The Kier molecular flexibility index (Phi) is 10.3. The fourth-order valence-electron chi connectivity index (χ4n) is 2.27. The highest BCUT2D eigenvalue weighted by atomic mass is 33.1. The van der Waals surface area contributed by atoms with E-state index in [1.165, 1.54) is 70.1 Å². The van der Waals surface area contributed by atoms with Crippen molar-refractivity contribution < 1.29 is 37.7 Å². The molecule has 0 aliphatic rings. The maximum Gasteiger partial charge on any atom is 0.240 e. The number of rotatable bonds is 13. The first-order valence-electron chi connectivity index (χ1n) is 8.93. The first kappa shape index (κ1) is 27.0. The summed E-state index contributed by atoms with van der Waals surface area (Å²) < 4.78 is 53.5. The normalized spacial score (nSPS) is 14.2. The first-order valence-corrected chi connectivity index (χ1v) is 14.4. The van der Waals surface area contributed by atoms with Crippen molar-refractivity contribution in [3.05, 3.63) is 58.9 Å². The van der Waals surface area contributed by atoms with Gasteiger partial charge in [-0.25, -0.2) is 36.7 Å². The standard InChI is InChI=1S/C16H22N4O8S4/c21-19(22)13-1-5-15(6-2-13)31(25,26)17-9-11-29-30-12-10-18-32(27,28)16-7-3-14(4-8-16)20(23)24/h1-8,17-21,23H,9-12H2. The van der Waals surface area contributed by atoms with Gasteiger partial charge >= 0.3 is 0 Å². The average molecular weight is 527 g/mol. The van der Waals surface area contributed by atoms with E-state index in [-0.39, 0.29) is 34.3 Å². The van der Waals surface area contributed by atoms with Crippen molar-refractivity contribution in [1.82, 2.24) is 9.44 Å². The van der Waals surface area contributed by atoms with Gasteiger partial charge in [-0.2, -0.15) is 10.5 Å². The van der Waals surface area contributed by atoms with Crippen LogP contribution >= 0.6 is 21.6 Å². The Labute approximate surface area is 193 Å². The Morgan fingerprint density at radius 2 is 1.00 bits per heavy atom. The summed E-state index contributed by atoms with van der Waals surface area (Å²) in [5.74, 6) is 0.862. The summed E-state index contributed by atoms with van der Waals surface area (Å²) in [6.07, 6.45) is 0. The molecule has 0 amide bonds. The van der Waals surface area contributed by atoms with Crippen molar-refractivity contribution in [2.45, 2.75) is 9.79 Å².